The molecule has 2 atom stereocenters. The number of rotatable bonds is 9. The van der Waals surface area contributed by atoms with Crippen LogP contribution in [-0.2, 0) is 4.74 Å². The molecule has 0 radical (unpaired) electrons. The van der Waals surface area contributed by atoms with Crippen LogP contribution in [0.5, 0.6) is 5.75 Å². The van der Waals surface area contributed by atoms with Crippen molar-refractivity contribution in [2.75, 3.05) is 13.2 Å². The second-order valence-corrected chi connectivity index (χ2v) is 7.99. The fraction of sp³-hybridized carbons (Fsp3) is 0.520. The third kappa shape index (κ3) is 5.37. The average Bonchev–Trinajstić information content (AvgIpc) is 2.75. The number of ether oxygens (including phenoxy) is 2. The summed E-state index contributed by atoms with van der Waals surface area (Å²) in [5.74, 6) is -2.46. The Morgan fingerprint density at radius 1 is 0.967 bits per heavy atom. The van der Waals surface area contributed by atoms with E-state index < -0.39 is 17.5 Å². The molecule has 0 N–H and O–H groups in total. The summed E-state index contributed by atoms with van der Waals surface area (Å²) in [7, 11) is 0. The highest BCUT2D eigenvalue weighted by Gasteiger charge is 2.27. The van der Waals surface area contributed by atoms with Crippen molar-refractivity contribution in [3.05, 3.63) is 53.3 Å². The van der Waals surface area contributed by atoms with Crippen LogP contribution < -0.4 is 4.74 Å². The van der Waals surface area contributed by atoms with E-state index in [1.54, 1.807) is 19.1 Å². The predicted octanol–water partition coefficient (Wildman–Crippen LogP) is 7.40. The van der Waals surface area contributed by atoms with Crippen molar-refractivity contribution < 1.29 is 22.6 Å². The maximum absolute atomic E-state index is 14.9. The zero-order valence-electron chi connectivity index (χ0n) is 17.9. The molecule has 164 valence electrons. The van der Waals surface area contributed by atoms with Gasteiger partial charge in [-0.1, -0.05) is 50.8 Å². The Kier molecular flexibility index (Phi) is 8.20. The quantitative estimate of drug-likeness (QED) is 0.393. The van der Waals surface area contributed by atoms with Gasteiger partial charge in [0.1, 0.15) is 0 Å². The minimum Gasteiger partial charge on any atom is -0.491 e. The molecular formula is C25H31F3O2. The Morgan fingerprint density at radius 3 is 2.47 bits per heavy atom. The summed E-state index contributed by atoms with van der Waals surface area (Å²) in [6, 6.07) is 7.29. The lowest BCUT2D eigenvalue weighted by atomic mass is 9.88. The summed E-state index contributed by atoms with van der Waals surface area (Å²) in [5.41, 5.74) is 0.668. The van der Waals surface area contributed by atoms with Crippen LogP contribution in [0.1, 0.15) is 70.3 Å². The third-order valence-corrected chi connectivity index (χ3v) is 5.84. The summed E-state index contributed by atoms with van der Waals surface area (Å²) in [4.78, 5) is 0. The Morgan fingerprint density at radius 2 is 1.80 bits per heavy atom. The first-order valence-electron chi connectivity index (χ1n) is 11.1. The van der Waals surface area contributed by atoms with Gasteiger partial charge in [-0.25, -0.2) is 13.2 Å². The lowest BCUT2D eigenvalue weighted by Crippen LogP contribution is -2.25. The van der Waals surface area contributed by atoms with Gasteiger partial charge in [0.2, 0.25) is 0 Å². The number of benzene rings is 2. The molecule has 5 heteroatoms. The molecule has 0 saturated carbocycles. The number of hydrogen-bond acceptors (Lipinski definition) is 2. The summed E-state index contributed by atoms with van der Waals surface area (Å²) in [5, 5.41) is 0. The van der Waals surface area contributed by atoms with Crippen LogP contribution in [0.4, 0.5) is 13.2 Å². The van der Waals surface area contributed by atoms with E-state index >= 15 is 0 Å². The summed E-state index contributed by atoms with van der Waals surface area (Å²) in [6.45, 7) is 4.68. The van der Waals surface area contributed by atoms with Gasteiger partial charge in [-0.05, 0) is 49.4 Å². The van der Waals surface area contributed by atoms with Crippen molar-refractivity contribution in [2.45, 2.75) is 70.8 Å². The van der Waals surface area contributed by atoms with E-state index in [1.807, 2.05) is 0 Å². The Labute approximate surface area is 177 Å². The van der Waals surface area contributed by atoms with Gasteiger partial charge in [0.05, 0.1) is 19.3 Å². The van der Waals surface area contributed by atoms with Crippen molar-refractivity contribution in [1.29, 1.82) is 0 Å². The second-order valence-electron chi connectivity index (χ2n) is 7.99. The van der Waals surface area contributed by atoms with Gasteiger partial charge < -0.3 is 9.47 Å². The lowest BCUT2D eigenvalue weighted by molar-refractivity contribution is -0.00282. The molecule has 3 rings (SSSR count). The van der Waals surface area contributed by atoms with E-state index in [1.165, 1.54) is 37.5 Å². The Balaban J connectivity index is 1.68. The standard InChI is InChI=1S/C25H31F3O2/c1-3-5-6-7-8-19-11-9-18(16-30-19)21-13-12-20(24(27)25(21)28)17-10-14-23(29-4-2)22(26)15-17/h10,12-15,18-19H,3-9,11,16H2,1-2H3. The molecule has 2 aromatic rings. The number of hydrogen-bond donors (Lipinski definition) is 0. The normalized spacial score (nSPS) is 19.1. The van der Waals surface area contributed by atoms with Gasteiger partial charge in [-0.15, -0.1) is 0 Å². The van der Waals surface area contributed by atoms with Gasteiger partial charge in [0, 0.05) is 11.5 Å². The molecule has 0 spiro atoms. The first kappa shape index (κ1) is 22.7. The monoisotopic (exact) mass is 420 g/mol. The van der Waals surface area contributed by atoms with E-state index in [0.29, 0.717) is 18.8 Å². The highest BCUT2D eigenvalue weighted by Crippen LogP contribution is 2.35. The molecule has 1 aliphatic rings. The largest absolute Gasteiger partial charge is 0.491 e. The molecule has 0 amide bonds. The van der Waals surface area contributed by atoms with Crippen molar-refractivity contribution in [3.8, 4) is 16.9 Å². The van der Waals surface area contributed by atoms with Crippen LogP contribution in [0.15, 0.2) is 30.3 Å². The van der Waals surface area contributed by atoms with E-state index in [9.17, 15) is 13.2 Å². The second kappa shape index (κ2) is 10.9. The van der Waals surface area contributed by atoms with Gasteiger partial charge in [0.25, 0.3) is 0 Å². The SMILES string of the molecule is CCCCCCC1CCC(c2ccc(-c3ccc(OCC)c(F)c3)c(F)c2F)CO1. The van der Waals surface area contributed by atoms with Crippen LogP contribution in [-0.4, -0.2) is 19.3 Å². The van der Waals surface area contributed by atoms with Crippen LogP contribution in [0, 0.1) is 17.5 Å². The average molecular weight is 421 g/mol. The Bertz CT molecular complexity index is 829. The van der Waals surface area contributed by atoms with Gasteiger partial charge in [-0.3, -0.25) is 0 Å². The maximum atomic E-state index is 14.9. The molecule has 0 bridgehead atoms. The third-order valence-electron chi connectivity index (χ3n) is 5.84. The van der Waals surface area contributed by atoms with E-state index in [-0.39, 0.29) is 28.9 Å². The van der Waals surface area contributed by atoms with Crippen LogP contribution in [0.3, 0.4) is 0 Å². The fourth-order valence-electron chi connectivity index (χ4n) is 4.12. The molecule has 1 aliphatic heterocycles. The molecule has 0 aliphatic carbocycles. The lowest BCUT2D eigenvalue weighted by Gasteiger charge is -2.30. The molecule has 1 fully saturated rings. The topological polar surface area (TPSA) is 18.5 Å². The first-order chi connectivity index (χ1) is 14.5. The molecule has 0 aromatic heterocycles. The van der Waals surface area contributed by atoms with Crippen molar-refractivity contribution >= 4 is 0 Å². The molecule has 2 aromatic carbocycles. The summed E-state index contributed by atoms with van der Waals surface area (Å²) < 4.78 is 54.9. The fourth-order valence-corrected chi connectivity index (χ4v) is 4.12. The van der Waals surface area contributed by atoms with Gasteiger partial charge >= 0.3 is 0 Å². The van der Waals surface area contributed by atoms with Crippen LogP contribution in [0.25, 0.3) is 11.1 Å². The molecule has 1 saturated heterocycles. The van der Waals surface area contributed by atoms with E-state index in [4.69, 9.17) is 9.47 Å². The molecule has 1 heterocycles. The first-order valence-corrected chi connectivity index (χ1v) is 11.1. The maximum Gasteiger partial charge on any atom is 0.166 e. The number of halogens is 3. The van der Waals surface area contributed by atoms with Crippen LogP contribution >= 0.6 is 0 Å². The van der Waals surface area contributed by atoms with Crippen LogP contribution in [0.2, 0.25) is 0 Å². The molecule has 2 nitrogen and oxygen atoms in total. The van der Waals surface area contributed by atoms with Crippen molar-refractivity contribution in [2.24, 2.45) is 0 Å². The highest BCUT2D eigenvalue weighted by atomic mass is 19.2. The smallest absolute Gasteiger partial charge is 0.166 e. The summed E-state index contributed by atoms with van der Waals surface area (Å²) in [6.07, 6.45) is 7.72. The summed E-state index contributed by atoms with van der Waals surface area (Å²) >= 11 is 0. The molecule has 30 heavy (non-hydrogen) atoms. The minimum absolute atomic E-state index is 0.0451. The zero-order valence-corrected chi connectivity index (χ0v) is 17.9. The Hall–Kier alpha value is -2.01. The van der Waals surface area contributed by atoms with Gasteiger partial charge in [0.15, 0.2) is 23.2 Å². The highest BCUT2D eigenvalue weighted by molar-refractivity contribution is 5.66. The minimum atomic E-state index is -0.947. The molecular weight excluding hydrogens is 389 g/mol. The predicted molar refractivity (Wildman–Crippen MR) is 113 cm³/mol. The van der Waals surface area contributed by atoms with E-state index in [2.05, 4.69) is 6.92 Å². The van der Waals surface area contributed by atoms with Crippen molar-refractivity contribution in [1.82, 2.24) is 0 Å². The van der Waals surface area contributed by atoms with Gasteiger partial charge in [-0.2, -0.15) is 0 Å². The number of unbranched alkanes of at least 4 members (excludes halogenated alkanes) is 3. The molecule has 2 unspecified atom stereocenters. The zero-order chi connectivity index (χ0) is 21.5. The van der Waals surface area contributed by atoms with Crippen molar-refractivity contribution in [3.63, 3.8) is 0 Å². The van der Waals surface area contributed by atoms with E-state index in [0.717, 1.165) is 25.7 Å².